The number of primary amides is 1. The molecule has 0 aliphatic carbocycles. The van der Waals surface area contributed by atoms with E-state index in [1.807, 2.05) is 19.1 Å². The fraction of sp³-hybridized carbons (Fsp3) is 0.438. The van der Waals surface area contributed by atoms with Crippen molar-refractivity contribution in [1.29, 1.82) is 0 Å². The number of ether oxygens (including phenoxy) is 1. The van der Waals surface area contributed by atoms with Gasteiger partial charge in [0.1, 0.15) is 0 Å². The third kappa shape index (κ3) is 4.33. The van der Waals surface area contributed by atoms with Crippen molar-refractivity contribution in [3.05, 3.63) is 34.6 Å². The first kappa shape index (κ1) is 17.5. The summed E-state index contributed by atoms with van der Waals surface area (Å²) in [6.45, 7) is 5.35. The van der Waals surface area contributed by atoms with Crippen LogP contribution in [0.3, 0.4) is 0 Å². The van der Waals surface area contributed by atoms with Crippen LogP contribution in [-0.2, 0) is 16.1 Å². The molecule has 0 saturated heterocycles. The van der Waals surface area contributed by atoms with E-state index in [1.54, 1.807) is 23.6 Å². The van der Waals surface area contributed by atoms with Gasteiger partial charge < -0.3 is 10.5 Å². The summed E-state index contributed by atoms with van der Waals surface area (Å²) in [7, 11) is 0. The maximum atomic E-state index is 12.7. The van der Waals surface area contributed by atoms with E-state index in [1.165, 1.54) is 11.8 Å². The van der Waals surface area contributed by atoms with Gasteiger partial charge in [-0.2, -0.15) is 0 Å². The van der Waals surface area contributed by atoms with Crippen LogP contribution < -0.4 is 11.3 Å². The molecule has 1 aromatic heterocycles. The quantitative estimate of drug-likeness (QED) is 0.451. The molecule has 2 aromatic rings. The molecule has 2 rings (SSSR count). The van der Waals surface area contributed by atoms with Gasteiger partial charge in [0.25, 0.3) is 5.56 Å². The van der Waals surface area contributed by atoms with Gasteiger partial charge in [-0.05, 0) is 32.4 Å². The van der Waals surface area contributed by atoms with E-state index in [-0.39, 0.29) is 5.56 Å². The maximum Gasteiger partial charge on any atom is 0.262 e. The van der Waals surface area contributed by atoms with Gasteiger partial charge in [-0.15, -0.1) is 0 Å². The fourth-order valence-corrected chi connectivity index (χ4v) is 3.00. The van der Waals surface area contributed by atoms with Gasteiger partial charge in [0.15, 0.2) is 5.16 Å². The van der Waals surface area contributed by atoms with E-state index < -0.39 is 11.2 Å². The molecule has 1 atom stereocenters. The minimum Gasteiger partial charge on any atom is -0.382 e. The number of fused-ring (bicyclic) bond motifs is 1. The number of carbonyl (C=O) groups excluding carboxylic acids is 1. The van der Waals surface area contributed by atoms with Gasteiger partial charge in [-0.3, -0.25) is 14.2 Å². The lowest BCUT2D eigenvalue weighted by Gasteiger charge is -2.14. The Balaban J connectivity index is 2.40. The molecular formula is C16H21N3O3S. The molecule has 1 heterocycles. The van der Waals surface area contributed by atoms with Crippen LogP contribution in [0.4, 0.5) is 0 Å². The molecule has 0 radical (unpaired) electrons. The Labute approximate surface area is 139 Å². The van der Waals surface area contributed by atoms with E-state index in [0.29, 0.717) is 42.2 Å². The highest BCUT2D eigenvalue weighted by molar-refractivity contribution is 8.00. The summed E-state index contributed by atoms with van der Waals surface area (Å²) in [5, 5.41) is 0.623. The first-order valence-electron chi connectivity index (χ1n) is 7.58. The summed E-state index contributed by atoms with van der Waals surface area (Å²) in [6.07, 6.45) is 0.701. The first-order chi connectivity index (χ1) is 11.0. The molecule has 0 bridgehead atoms. The van der Waals surface area contributed by atoms with Crippen molar-refractivity contribution in [1.82, 2.24) is 9.55 Å². The highest BCUT2D eigenvalue weighted by Gasteiger charge is 2.17. The number of benzene rings is 1. The Kier molecular flexibility index (Phi) is 6.18. The lowest BCUT2D eigenvalue weighted by molar-refractivity contribution is -0.117. The minimum absolute atomic E-state index is 0.105. The molecule has 1 aromatic carbocycles. The van der Waals surface area contributed by atoms with Crippen LogP contribution in [0.5, 0.6) is 0 Å². The van der Waals surface area contributed by atoms with Gasteiger partial charge in [-0.25, -0.2) is 4.98 Å². The molecule has 0 aliphatic rings. The van der Waals surface area contributed by atoms with Crippen LogP contribution in [-0.4, -0.2) is 33.9 Å². The number of rotatable bonds is 8. The number of thioether (sulfide) groups is 1. The fourth-order valence-electron chi connectivity index (χ4n) is 2.12. The highest BCUT2D eigenvalue weighted by Crippen LogP contribution is 2.22. The molecule has 0 fully saturated rings. The second kappa shape index (κ2) is 8.12. The Morgan fingerprint density at radius 3 is 2.87 bits per heavy atom. The van der Waals surface area contributed by atoms with Crippen molar-refractivity contribution in [2.75, 3.05) is 13.2 Å². The third-order valence-electron chi connectivity index (χ3n) is 3.38. The summed E-state index contributed by atoms with van der Waals surface area (Å²) < 4.78 is 6.93. The SMILES string of the molecule is CCOCCCn1c(S[C@H](C)C(N)=O)nc2ccccc2c1=O. The predicted molar refractivity (Wildman–Crippen MR) is 91.6 cm³/mol. The molecule has 7 heteroatoms. The summed E-state index contributed by atoms with van der Waals surface area (Å²) >= 11 is 1.21. The first-order valence-corrected chi connectivity index (χ1v) is 8.45. The second-order valence-corrected chi connectivity index (χ2v) is 6.39. The number of nitrogens with zero attached hydrogens (tertiary/aromatic N) is 2. The van der Waals surface area contributed by atoms with Gasteiger partial charge in [0, 0.05) is 19.8 Å². The molecule has 23 heavy (non-hydrogen) atoms. The standard InChI is InChI=1S/C16H21N3O3S/c1-3-22-10-6-9-19-15(21)12-7-4-5-8-13(12)18-16(19)23-11(2)14(17)20/h4-5,7-8,11H,3,6,9-10H2,1-2H3,(H2,17,20)/t11-/m1/s1. The number of hydrogen-bond acceptors (Lipinski definition) is 5. The summed E-state index contributed by atoms with van der Waals surface area (Å²) in [4.78, 5) is 28.6. The maximum absolute atomic E-state index is 12.7. The van der Waals surface area contributed by atoms with Crippen LogP contribution in [0, 0.1) is 0 Å². The predicted octanol–water partition coefficient (Wildman–Crippen LogP) is 1.79. The van der Waals surface area contributed by atoms with Gasteiger partial charge in [0.05, 0.1) is 16.2 Å². The average molecular weight is 335 g/mol. The van der Waals surface area contributed by atoms with Crippen molar-refractivity contribution < 1.29 is 9.53 Å². The Hall–Kier alpha value is -1.86. The van der Waals surface area contributed by atoms with Crippen molar-refractivity contribution in [3.63, 3.8) is 0 Å². The van der Waals surface area contributed by atoms with Crippen LogP contribution >= 0.6 is 11.8 Å². The normalized spacial score (nSPS) is 12.4. The average Bonchev–Trinajstić information content (AvgIpc) is 2.53. The molecule has 2 N–H and O–H groups in total. The number of aromatic nitrogens is 2. The van der Waals surface area contributed by atoms with E-state index in [4.69, 9.17) is 10.5 Å². The lowest BCUT2D eigenvalue weighted by Crippen LogP contribution is -2.27. The Morgan fingerprint density at radius 2 is 2.17 bits per heavy atom. The van der Waals surface area contributed by atoms with Crippen LogP contribution in [0.2, 0.25) is 0 Å². The minimum atomic E-state index is -0.457. The van der Waals surface area contributed by atoms with Gasteiger partial charge in [-0.1, -0.05) is 23.9 Å². The van der Waals surface area contributed by atoms with E-state index in [9.17, 15) is 9.59 Å². The number of amides is 1. The molecule has 0 unspecified atom stereocenters. The van der Waals surface area contributed by atoms with Crippen molar-refractivity contribution in [2.45, 2.75) is 37.2 Å². The lowest BCUT2D eigenvalue weighted by atomic mass is 10.2. The van der Waals surface area contributed by atoms with Crippen molar-refractivity contribution >= 4 is 28.6 Å². The zero-order valence-electron chi connectivity index (χ0n) is 13.3. The number of carbonyl (C=O) groups is 1. The summed E-state index contributed by atoms with van der Waals surface area (Å²) in [5.41, 5.74) is 5.85. The molecule has 1 amide bonds. The molecule has 0 saturated carbocycles. The summed E-state index contributed by atoms with van der Waals surface area (Å²) in [6, 6.07) is 7.20. The monoisotopic (exact) mass is 335 g/mol. The number of nitrogens with two attached hydrogens (primary N) is 1. The Morgan fingerprint density at radius 1 is 1.43 bits per heavy atom. The van der Waals surface area contributed by atoms with Gasteiger partial charge in [0.2, 0.25) is 5.91 Å². The van der Waals surface area contributed by atoms with Crippen LogP contribution in [0.25, 0.3) is 10.9 Å². The van der Waals surface area contributed by atoms with E-state index in [2.05, 4.69) is 4.98 Å². The molecule has 0 aliphatic heterocycles. The zero-order chi connectivity index (χ0) is 16.8. The van der Waals surface area contributed by atoms with E-state index in [0.717, 1.165) is 0 Å². The molecule has 124 valence electrons. The van der Waals surface area contributed by atoms with Crippen LogP contribution in [0.15, 0.2) is 34.2 Å². The molecule has 0 spiro atoms. The zero-order valence-corrected chi connectivity index (χ0v) is 14.1. The van der Waals surface area contributed by atoms with Crippen LogP contribution in [0.1, 0.15) is 20.3 Å². The number of para-hydroxylation sites is 1. The largest absolute Gasteiger partial charge is 0.382 e. The highest BCUT2D eigenvalue weighted by atomic mass is 32.2. The van der Waals surface area contributed by atoms with E-state index >= 15 is 0 Å². The van der Waals surface area contributed by atoms with Crippen molar-refractivity contribution in [2.24, 2.45) is 5.73 Å². The Bertz CT molecular complexity index is 745. The van der Waals surface area contributed by atoms with Crippen molar-refractivity contribution in [3.8, 4) is 0 Å². The molecule has 6 nitrogen and oxygen atoms in total. The van der Waals surface area contributed by atoms with Gasteiger partial charge >= 0.3 is 0 Å². The summed E-state index contributed by atoms with van der Waals surface area (Å²) in [5.74, 6) is -0.432. The number of hydrogen-bond donors (Lipinski definition) is 1. The second-order valence-electron chi connectivity index (χ2n) is 5.08. The third-order valence-corrected chi connectivity index (χ3v) is 4.49. The smallest absolute Gasteiger partial charge is 0.262 e. The molecular weight excluding hydrogens is 314 g/mol. The topological polar surface area (TPSA) is 87.2 Å².